The molecule has 0 saturated carbocycles. The van der Waals surface area contributed by atoms with Crippen LogP contribution in [0.1, 0.15) is 40.7 Å². The molecule has 1 saturated heterocycles. The summed E-state index contributed by atoms with van der Waals surface area (Å²) >= 11 is 7.81. The normalized spacial score (nSPS) is 21.2. The van der Waals surface area contributed by atoms with Gasteiger partial charge in [-0.15, -0.1) is 11.8 Å². The number of hydrogen-bond donors (Lipinski definition) is 1. The van der Waals surface area contributed by atoms with Crippen LogP contribution in [0, 0.1) is 0 Å². The van der Waals surface area contributed by atoms with Crippen molar-refractivity contribution in [1.29, 1.82) is 0 Å². The van der Waals surface area contributed by atoms with Gasteiger partial charge in [-0.3, -0.25) is 9.59 Å². The maximum Gasteiger partial charge on any atom is 0.260 e. The molecule has 0 unspecified atom stereocenters. The third-order valence-corrected chi connectivity index (χ3v) is 7.46. The van der Waals surface area contributed by atoms with Crippen LogP contribution >= 0.6 is 23.4 Å². The molecule has 0 bridgehead atoms. The van der Waals surface area contributed by atoms with Crippen LogP contribution in [0.25, 0.3) is 0 Å². The third kappa shape index (κ3) is 3.20. The second-order valence-corrected chi connectivity index (χ2v) is 9.90. The van der Waals surface area contributed by atoms with Crippen molar-refractivity contribution < 1.29 is 19.1 Å². The van der Waals surface area contributed by atoms with Gasteiger partial charge in [-0.1, -0.05) is 35.9 Å². The smallest absolute Gasteiger partial charge is 0.260 e. The second kappa shape index (κ2) is 7.71. The minimum atomic E-state index is -0.634. The Hall–Kier alpha value is -2.38. The Labute approximate surface area is 184 Å². The van der Waals surface area contributed by atoms with Crippen molar-refractivity contribution in [2.45, 2.75) is 36.6 Å². The topological polar surface area (TPSA) is 67.9 Å². The molecule has 0 radical (unpaired) electrons. The first-order valence-corrected chi connectivity index (χ1v) is 10.8. The molecule has 1 N–H and O–H groups in total. The van der Waals surface area contributed by atoms with Crippen molar-refractivity contribution in [3.8, 4) is 11.5 Å². The first-order chi connectivity index (χ1) is 14.3. The number of benzene rings is 2. The van der Waals surface area contributed by atoms with Gasteiger partial charge in [-0.25, -0.2) is 0 Å². The van der Waals surface area contributed by atoms with E-state index in [2.05, 4.69) is 5.32 Å². The number of fused-ring (bicyclic) bond motifs is 3. The number of nitrogens with zero attached hydrogens (tertiary/aromatic N) is 1. The van der Waals surface area contributed by atoms with Crippen LogP contribution in [-0.4, -0.2) is 41.7 Å². The molecule has 2 heterocycles. The number of thioether (sulfide) groups is 1. The predicted molar refractivity (Wildman–Crippen MR) is 117 cm³/mol. The van der Waals surface area contributed by atoms with Crippen LogP contribution in [0.2, 0.25) is 5.02 Å². The van der Waals surface area contributed by atoms with E-state index >= 15 is 0 Å². The van der Waals surface area contributed by atoms with Gasteiger partial charge in [0.05, 0.1) is 19.8 Å². The summed E-state index contributed by atoms with van der Waals surface area (Å²) in [4.78, 5) is 28.3. The highest BCUT2D eigenvalue weighted by atomic mass is 35.5. The Morgan fingerprint density at radius 3 is 2.60 bits per heavy atom. The van der Waals surface area contributed by atoms with Gasteiger partial charge < -0.3 is 19.7 Å². The predicted octanol–water partition coefficient (Wildman–Crippen LogP) is 4.02. The maximum atomic E-state index is 13.4. The molecular weight excluding hydrogens is 424 g/mol. The molecule has 4 rings (SSSR count). The minimum Gasteiger partial charge on any atom is -0.493 e. The zero-order valence-corrected chi connectivity index (χ0v) is 18.8. The summed E-state index contributed by atoms with van der Waals surface area (Å²) in [5.74, 6) is 0.474. The molecule has 0 aliphatic carbocycles. The zero-order valence-electron chi connectivity index (χ0n) is 17.2. The van der Waals surface area contributed by atoms with Crippen LogP contribution in [0.3, 0.4) is 0 Å². The Balaban J connectivity index is 1.65. The molecule has 2 aromatic rings. The van der Waals surface area contributed by atoms with E-state index in [1.54, 1.807) is 28.8 Å². The number of amides is 2. The van der Waals surface area contributed by atoms with Gasteiger partial charge in [0.15, 0.2) is 11.5 Å². The summed E-state index contributed by atoms with van der Waals surface area (Å²) < 4.78 is 10.4. The zero-order chi connectivity index (χ0) is 21.6. The molecular formula is C22H23ClN2O4S. The number of nitrogens with one attached hydrogen (secondary N) is 1. The van der Waals surface area contributed by atoms with Crippen LogP contribution < -0.4 is 14.8 Å². The number of halogens is 1. The molecule has 2 aliphatic heterocycles. The summed E-state index contributed by atoms with van der Waals surface area (Å²) in [6, 6.07) is 10.4. The molecule has 2 aromatic carbocycles. The number of carbonyl (C=O) groups excluding carboxylic acids is 2. The highest BCUT2D eigenvalue weighted by Crippen LogP contribution is 2.58. The van der Waals surface area contributed by atoms with Crippen LogP contribution in [0.15, 0.2) is 36.4 Å². The van der Waals surface area contributed by atoms with E-state index in [4.69, 9.17) is 21.1 Å². The monoisotopic (exact) mass is 446 g/mol. The van der Waals surface area contributed by atoms with Gasteiger partial charge in [0.25, 0.3) is 5.91 Å². The van der Waals surface area contributed by atoms with Crippen LogP contribution in [0.5, 0.6) is 11.5 Å². The van der Waals surface area contributed by atoms with Crippen LogP contribution in [0.4, 0.5) is 0 Å². The highest BCUT2D eigenvalue weighted by molar-refractivity contribution is 8.01. The van der Waals surface area contributed by atoms with Crippen LogP contribution in [-0.2, 0) is 11.3 Å². The molecule has 1 fully saturated rings. The average molecular weight is 447 g/mol. The fourth-order valence-electron chi connectivity index (χ4n) is 4.18. The fourth-order valence-corrected chi connectivity index (χ4v) is 5.96. The van der Waals surface area contributed by atoms with Gasteiger partial charge in [0.2, 0.25) is 5.91 Å². The second-order valence-electron chi connectivity index (χ2n) is 7.76. The molecule has 0 spiro atoms. The van der Waals surface area contributed by atoms with E-state index in [1.807, 2.05) is 38.1 Å². The Bertz CT molecular complexity index is 1030. The summed E-state index contributed by atoms with van der Waals surface area (Å²) in [6.45, 7) is 4.28. The number of carbonyl (C=O) groups is 2. The van der Waals surface area contributed by atoms with Crippen molar-refractivity contribution in [3.63, 3.8) is 0 Å². The first kappa shape index (κ1) is 20.9. The van der Waals surface area contributed by atoms with E-state index in [0.29, 0.717) is 28.6 Å². The van der Waals surface area contributed by atoms with E-state index in [9.17, 15) is 9.59 Å². The lowest BCUT2D eigenvalue weighted by atomic mass is 10.0. The lowest BCUT2D eigenvalue weighted by molar-refractivity contribution is -0.126. The summed E-state index contributed by atoms with van der Waals surface area (Å²) in [5.41, 5.74) is 2.14. The van der Waals surface area contributed by atoms with Gasteiger partial charge in [0, 0.05) is 21.9 Å². The van der Waals surface area contributed by atoms with Crippen molar-refractivity contribution in [2.24, 2.45) is 0 Å². The molecule has 2 amide bonds. The van der Waals surface area contributed by atoms with Gasteiger partial charge in [-0.05, 0) is 31.5 Å². The SMILES string of the molecule is COc1ccc2c(c1OC)C(=O)N1[C@@H]2SC(C)(C)[C@H]1C(=O)NCc1ccccc1Cl. The molecule has 2 atom stereocenters. The maximum absolute atomic E-state index is 13.4. The summed E-state index contributed by atoms with van der Waals surface area (Å²) in [5, 5.41) is 3.31. The van der Waals surface area contributed by atoms with E-state index < -0.39 is 10.8 Å². The quantitative estimate of drug-likeness (QED) is 0.751. The van der Waals surface area contributed by atoms with Crippen molar-refractivity contribution >= 4 is 35.2 Å². The Kier molecular flexibility index (Phi) is 5.36. The number of rotatable bonds is 5. The van der Waals surface area contributed by atoms with E-state index in [0.717, 1.165) is 11.1 Å². The molecule has 8 heteroatoms. The third-order valence-electron chi connectivity index (χ3n) is 5.56. The van der Waals surface area contributed by atoms with E-state index in [1.165, 1.54) is 14.2 Å². The fraction of sp³-hybridized carbons (Fsp3) is 0.364. The van der Waals surface area contributed by atoms with E-state index in [-0.39, 0.29) is 17.2 Å². The number of hydrogen-bond acceptors (Lipinski definition) is 5. The number of methoxy groups -OCH3 is 2. The lowest BCUT2D eigenvalue weighted by Gasteiger charge is -2.29. The Morgan fingerprint density at radius 2 is 1.93 bits per heavy atom. The summed E-state index contributed by atoms with van der Waals surface area (Å²) in [7, 11) is 3.05. The standard InChI is InChI=1S/C22H23ClN2O4S/c1-22(2)18(19(26)24-11-12-7-5-6-8-14(12)23)25-20(27)16-13(21(25)30-22)9-10-15(28-3)17(16)29-4/h5-10,18,21H,11H2,1-4H3,(H,24,26)/t18-,21-/m1/s1. The van der Waals surface area contributed by atoms with Gasteiger partial charge in [0.1, 0.15) is 11.4 Å². The molecule has 158 valence electrons. The highest BCUT2D eigenvalue weighted by Gasteiger charge is 2.58. The molecule has 0 aromatic heterocycles. The first-order valence-electron chi connectivity index (χ1n) is 9.56. The molecule has 30 heavy (non-hydrogen) atoms. The van der Waals surface area contributed by atoms with Gasteiger partial charge >= 0.3 is 0 Å². The van der Waals surface area contributed by atoms with Gasteiger partial charge in [-0.2, -0.15) is 0 Å². The molecule has 2 aliphatic rings. The molecule has 6 nitrogen and oxygen atoms in total. The average Bonchev–Trinajstić information content (AvgIpc) is 3.15. The lowest BCUT2D eigenvalue weighted by Crippen LogP contribution is -2.52. The minimum absolute atomic E-state index is 0.206. The number of ether oxygens (including phenoxy) is 2. The summed E-state index contributed by atoms with van der Waals surface area (Å²) in [6.07, 6.45) is 0. The van der Waals surface area contributed by atoms with Crippen molar-refractivity contribution in [1.82, 2.24) is 10.2 Å². The Morgan fingerprint density at radius 1 is 1.20 bits per heavy atom. The van der Waals surface area contributed by atoms with Crippen molar-refractivity contribution in [3.05, 3.63) is 58.1 Å². The van der Waals surface area contributed by atoms with Crippen molar-refractivity contribution in [2.75, 3.05) is 14.2 Å². The largest absolute Gasteiger partial charge is 0.493 e.